The van der Waals surface area contributed by atoms with Crippen molar-refractivity contribution in [3.05, 3.63) is 77.9 Å². The predicted molar refractivity (Wildman–Crippen MR) is 113 cm³/mol. The zero-order valence-corrected chi connectivity index (χ0v) is 17.9. The Hall–Kier alpha value is -2.94. The highest BCUT2D eigenvalue weighted by atomic mass is 19.4. The van der Waals surface area contributed by atoms with Gasteiger partial charge in [0.25, 0.3) is 0 Å². The molecule has 4 nitrogen and oxygen atoms in total. The summed E-state index contributed by atoms with van der Waals surface area (Å²) in [4.78, 5) is 13.6. The number of piperidine rings is 1. The molecular formula is C24H24F5NO3. The molecule has 0 aromatic heterocycles. The Balaban J connectivity index is 1.84. The molecule has 0 bridgehead atoms. The normalized spacial score (nSPS) is 19.3. The van der Waals surface area contributed by atoms with Gasteiger partial charge in [-0.3, -0.25) is 0 Å². The van der Waals surface area contributed by atoms with Crippen molar-refractivity contribution in [3.63, 3.8) is 0 Å². The molecule has 33 heavy (non-hydrogen) atoms. The van der Waals surface area contributed by atoms with Crippen molar-refractivity contribution in [2.75, 3.05) is 25.2 Å². The molecular weight excluding hydrogens is 445 g/mol. The number of methoxy groups -OCH3 is 1. The van der Waals surface area contributed by atoms with Gasteiger partial charge in [0.15, 0.2) is 0 Å². The number of benzene rings is 2. The molecule has 9 heteroatoms. The van der Waals surface area contributed by atoms with Gasteiger partial charge in [0, 0.05) is 24.2 Å². The first-order valence-electron chi connectivity index (χ1n) is 10.3. The largest absolute Gasteiger partial charge is 0.465 e. The van der Waals surface area contributed by atoms with E-state index in [0.29, 0.717) is 36.7 Å². The molecule has 0 N–H and O–H groups in total. The first-order chi connectivity index (χ1) is 15.5. The lowest BCUT2D eigenvalue weighted by molar-refractivity contribution is -0.203. The SMILES string of the molecule is C=CC(F)(F)OC[C@@H]1CCC(c2ccc(C(F)(F)F)cc2)CN1c1ccc(C(=O)OC)cc1. The second-order valence-corrected chi connectivity index (χ2v) is 7.82. The lowest BCUT2D eigenvalue weighted by Crippen LogP contribution is -2.46. The molecule has 1 heterocycles. The molecule has 0 amide bonds. The highest BCUT2D eigenvalue weighted by Gasteiger charge is 2.34. The molecule has 1 saturated heterocycles. The third-order valence-corrected chi connectivity index (χ3v) is 5.74. The maximum atomic E-state index is 13.6. The average Bonchev–Trinajstić information content (AvgIpc) is 2.82. The summed E-state index contributed by atoms with van der Waals surface area (Å²) in [6.45, 7) is 3.19. The van der Waals surface area contributed by atoms with E-state index in [0.717, 1.165) is 17.7 Å². The van der Waals surface area contributed by atoms with Crippen molar-refractivity contribution in [3.8, 4) is 0 Å². The summed E-state index contributed by atoms with van der Waals surface area (Å²) in [5.41, 5.74) is 1.02. The van der Waals surface area contributed by atoms with Gasteiger partial charge in [-0.1, -0.05) is 18.7 Å². The maximum absolute atomic E-state index is 13.6. The van der Waals surface area contributed by atoms with Crippen molar-refractivity contribution in [1.29, 1.82) is 0 Å². The van der Waals surface area contributed by atoms with Crippen LogP contribution in [0.3, 0.4) is 0 Å². The van der Waals surface area contributed by atoms with Gasteiger partial charge in [0.05, 0.1) is 30.9 Å². The van der Waals surface area contributed by atoms with Gasteiger partial charge in [-0.25, -0.2) is 4.79 Å². The van der Waals surface area contributed by atoms with Crippen molar-refractivity contribution in [2.24, 2.45) is 0 Å². The number of esters is 1. The van der Waals surface area contributed by atoms with E-state index >= 15 is 0 Å². The number of nitrogens with zero attached hydrogens (tertiary/aromatic N) is 1. The lowest BCUT2D eigenvalue weighted by Gasteiger charge is -2.41. The van der Waals surface area contributed by atoms with E-state index in [9.17, 15) is 26.7 Å². The topological polar surface area (TPSA) is 38.8 Å². The van der Waals surface area contributed by atoms with Gasteiger partial charge in [-0.2, -0.15) is 22.0 Å². The quantitative estimate of drug-likeness (QED) is 0.282. The zero-order chi connectivity index (χ0) is 24.2. The molecule has 3 rings (SSSR count). The number of alkyl halides is 5. The molecule has 0 aliphatic carbocycles. The van der Waals surface area contributed by atoms with E-state index in [1.165, 1.54) is 19.2 Å². The minimum absolute atomic E-state index is 0.108. The lowest BCUT2D eigenvalue weighted by atomic mass is 9.86. The van der Waals surface area contributed by atoms with E-state index < -0.39 is 29.9 Å². The first-order valence-corrected chi connectivity index (χ1v) is 10.3. The first kappa shape index (κ1) is 24.7. The summed E-state index contributed by atoms with van der Waals surface area (Å²) in [5, 5.41) is 0. The van der Waals surface area contributed by atoms with Crippen LogP contribution in [0, 0.1) is 0 Å². The van der Waals surface area contributed by atoms with Crippen LogP contribution in [0.25, 0.3) is 0 Å². The minimum Gasteiger partial charge on any atom is -0.465 e. The van der Waals surface area contributed by atoms with Gasteiger partial charge in [0.1, 0.15) is 0 Å². The molecule has 178 valence electrons. The smallest absolute Gasteiger partial charge is 0.416 e. The number of halogens is 5. The van der Waals surface area contributed by atoms with Gasteiger partial charge in [-0.15, -0.1) is 0 Å². The van der Waals surface area contributed by atoms with Gasteiger partial charge in [-0.05, 0) is 54.8 Å². The standard InChI is InChI=1S/C24H24F5NO3/c1-3-23(25,26)33-15-21-13-8-18(16-4-9-19(10-5-16)24(27,28)29)14-30(21)20-11-6-17(7-12-20)22(31)32-2/h3-7,9-12,18,21H,1,8,13-15H2,2H3/t18?,21-/m0/s1. The van der Waals surface area contributed by atoms with Crippen LogP contribution in [-0.2, 0) is 15.7 Å². The summed E-state index contributed by atoms with van der Waals surface area (Å²) in [5.74, 6) is -0.614. The van der Waals surface area contributed by atoms with Crippen molar-refractivity contribution in [1.82, 2.24) is 0 Å². The molecule has 0 spiro atoms. The Labute approximate surface area is 188 Å². The van der Waals surface area contributed by atoms with E-state index in [4.69, 9.17) is 9.47 Å². The fourth-order valence-corrected chi connectivity index (χ4v) is 3.91. The Kier molecular flexibility index (Phi) is 7.41. The Bertz CT molecular complexity index is 958. The Morgan fingerprint density at radius 3 is 2.24 bits per heavy atom. The summed E-state index contributed by atoms with van der Waals surface area (Å²) >= 11 is 0. The minimum atomic E-state index is -4.42. The molecule has 2 aromatic carbocycles. The molecule has 1 unspecified atom stereocenters. The van der Waals surface area contributed by atoms with Gasteiger partial charge < -0.3 is 14.4 Å². The average molecular weight is 469 g/mol. The molecule has 0 radical (unpaired) electrons. The number of hydrogen-bond donors (Lipinski definition) is 0. The molecule has 1 aliphatic rings. The van der Waals surface area contributed by atoms with Crippen LogP contribution in [0.5, 0.6) is 0 Å². The summed E-state index contributed by atoms with van der Waals surface area (Å²) in [6.07, 6.45) is -6.38. The van der Waals surface area contributed by atoms with Crippen LogP contribution >= 0.6 is 0 Å². The molecule has 1 aliphatic heterocycles. The number of rotatable bonds is 7. The van der Waals surface area contributed by atoms with Crippen molar-refractivity contribution < 1.29 is 36.2 Å². The highest BCUT2D eigenvalue weighted by molar-refractivity contribution is 5.89. The van der Waals surface area contributed by atoms with E-state index in [-0.39, 0.29) is 12.5 Å². The summed E-state index contributed by atoms with van der Waals surface area (Å²) in [6, 6.07) is 11.1. The Morgan fingerprint density at radius 1 is 1.06 bits per heavy atom. The molecule has 2 atom stereocenters. The van der Waals surface area contributed by atoms with E-state index in [1.54, 1.807) is 24.3 Å². The van der Waals surface area contributed by atoms with Crippen LogP contribution in [0.4, 0.5) is 27.6 Å². The van der Waals surface area contributed by atoms with Gasteiger partial charge in [0.2, 0.25) is 0 Å². The molecule has 1 fully saturated rings. The highest BCUT2D eigenvalue weighted by Crippen LogP contribution is 2.36. The van der Waals surface area contributed by atoms with Crippen LogP contribution in [0.2, 0.25) is 0 Å². The number of anilines is 1. The van der Waals surface area contributed by atoms with E-state index in [2.05, 4.69) is 6.58 Å². The fraction of sp³-hybridized carbons (Fsp3) is 0.375. The van der Waals surface area contributed by atoms with Crippen LogP contribution in [-0.4, -0.2) is 38.4 Å². The monoisotopic (exact) mass is 469 g/mol. The van der Waals surface area contributed by atoms with Gasteiger partial charge >= 0.3 is 18.3 Å². The van der Waals surface area contributed by atoms with Crippen molar-refractivity contribution >= 4 is 11.7 Å². The fourth-order valence-electron chi connectivity index (χ4n) is 3.91. The maximum Gasteiger partial charge on any atom is 0.416 e. The van der Waals surface area contributed by atoms with Crippen molar-refractivity contribution in [2.45, 2.75) is 37.1 Å². The number of ether oxygens (including phenoxy) is 2. The second kappa shape index (κ2) is 9.91. The third kappa shape index (κ3) is 6.10. The van der Waals surface area contributed by atoms with Crippen LogP contribution < -0.4 is 4.90 Å². The summed E-state index contributed by atoms with van der Waals surface area (Å²) in [7, 11) is 1.27. The predicted octanol–water partition coefficient (Wildman–Crippen LogP) is 6.04. The molecule has 2 aromatic rings. The molecule has 0 saturated carbocycles. The number of carbonyl (C=O) groups is 1. The van der Waals surface area contributed by atoms with Crippen LogP contribution in [0.15, 0.2) is 61.2 Å². The van der Waals surface area contributed by atoms with Crippen LogP contribution in [0.1, 0.15) is 40.2 Å². The zero-order valence-electron chi connectivity index (χ0n) is 17.9. The second-order valence-electron chi connectivity index (χ2n) is 7.82. The third-order valence-electron chi connectivity index (χ3n) is 5.74. The summed E-state index contributed by atoms with van der Waals surface area (Å²) < 4.78 is 75.3. The van der Waals surface area contributed by atoms with E-state index in [1.807, 2.05) is 4.90 Å². The Morgan fingerprint density at radius 2 is 1.70 bits per heavy atom. The number of hydrogen-bond acceptors (Lipinski definition) is 4. The number of carbonyl (C=O) groups excluding carboxylic acids is 1.